The van der Waals surface area contributed by atoms with Crippen molar-refractivity contribution in [2.75, 3.05) is 25.4 Å². The number of hydrogen-bond donors (Lipinski definition) is 2. The average molecular weight is 293 g/mol. The lowest BCUT2D eigenvalue weighted by molar-refractivity contribution is -0.123. The molecule has 0 aromatic heterocycles. The Bertz CT molecular complexity index is 422. The second-order valence-electron chi connectivity index (χ2n) is 5.63. The molecule has 1 amide bonds. The molecular formula is C16H27N3O2. The van der Waals surface area contributed by atoms with Gasteiger partial charge in [-0.1, -0.05) is 0 Å². The van der Waals surface area contributed by atoms with E-state index in [1.165, 1.54) is 0 Å². The molecule has 0 bridgehead atoms. The lowest BCUT2D eigenvalue weighted by Gasteiger charge is -2.30. The number of nitrogens with zero attached hydrogens (tertiary/aromatic N) is 1. The van der Waals surface area contributed by atoms with Gasteiger partial charge < -0.3 is 15.8 Å². The fourth-order valence-electron chi connectivity index (χ4n) is 2.20. The van der Waals surface area contributed by atoms with Crippen LogP contribution in [0.3, 0.4) is 0 Å². The van der Waals surface area contributed by atoms with Crippen molar-refractivity contribution in [1.82, 2.24) is 10.2 Å². The Morgan fingerprint density at radius 2 is 1.76 bits per heavy atom. The molecule has 3 N–H and O–H groups in total. The Morgan fingerprint density at radius 1 is 1.19 bits per heavy atom. The van der Waals surface area contributed by atoms with Crippen LogP contribution < -0.4 is 15.8 Å². The van der Waals surface area contributed by atoms with Gasteiger partial charge in [-0.3, -0.25) is 9.69 Å². The molecule has 1 rings (SSSR count). The predicted octanol–water partition coefficient (Wildman–Crippen LogP) is 1.88. The second-order valence-corrected chi connectivity index (χ2v) is 5.63. The van der Waals surface area contributed by atoms with Crippen molar-refractivity contribution < 1.29 is 9.53 Å². The summed E-state index contributed by atoms with van der Waals surface area (Å²) in [5, 5.41) is 2.87. The van der Waals surface area contributed by atoms with Crippen molar-refractivity contribution in [3.8, 4) is 5.75 Å². The summed E-state index contributed by atoms with van der Waals surface area (Å²) in [7, 11) is 0. The molecule has 0 heterocycles. The number of carbonyl (C=O) groups excluding carboxylic acids is 1. The van der Waals surface area contributed by atoms with E-state index in [4.69, 9.17) is 10.5 Å². The molecule has 0 aliphatic carbocycles. The van der Waals surface area contributed by atoms with Crippen LogP contribution in [0.1, 0.15) is 27.7 Å². The summed E-state index contributed by atoms with van der Waals surface area (Å²) in [6, 6.07) is 7.93. The van der Waals surface area contributed by atoms with Crippen molar-refractivity contribution in [3.63, 3.8) is 0 Å². The van der Waals surface area contributed by atoms with Crippen LogP contribution in [0.25, 0.3) is 0 Å². The van der Waals surface area contributed by atoms with Gasteiger partial charge in [0.2, 0.25) is 0 Å². The summed E-state index contributed by atoms with van der Waals surface area (Å²) in [6.45, 7) is 10.1. The number of rotatable bonds is 8. The number of carbonyl (C=O) groups is 1. The molecule has 0 fully saturated rings. The third kappa shape index (κ3) is 6.49. The van der Waals surface area contributed by atoms with Crippen LogP contribution in [-0.2, 0) is 4.79 Å². The summed E-state index contributed by atoms with van der Waals surface area (Å²) in [6.07, 6.45) is 0. The lowest BCUT2D eigenvalue weighted by Crippen LogP contribution is -2.43. The molecule has 0 spiro atoms. The number of nitrogens with two attached hydrogens (primary N) is 1. The van der Waals surface area contributed by atoms with Gasteiger partial charge in [0.1, 0.15) is 5.75 Å². The number of hydrogen-bond acceptors (Lipinski definition) is 4. The topological polar surface area (TPSA) is 67.6 Å². The largest absolute Gasteiger partial charge is 0.484 e. The van der Waals surface area contributed by atoms with E-state index < -0.39 is 0 Å². The molecule has 118 valence electrons. The molecule has 0 aliphatic rings. The van der Waals surface area contributed by atoms with Crippen molar-refractivity contribution >= 4 is 11.6 Å². The molecule has 0 atom stereocenters. The summed E-state index contributed by atoms with van der Waals surface area (Å²) < 4.78 is 5.39. The SMILES string of the molecule is CC(C)N(CCNC(=O)COc1ccc(N)cc1)C(C)C. The van der Waals surface area contributed by atoms with E-state index in [9.17, 15) is 4.79 Å². The minimum atomic E-state index is -0.112. The maximum atomic E-state index is 11.7. The predicted molar refractivity (Wildman–Crippen MR) is 86.3 cm³/mol. The summed E-state index contributed by atoms with van der Waals surface area (Å²) in [5.41, 5.74) is 6.26. The molecular weight excluding hydrogens is 266 g/mol. The maximum Gasteiger partial charge on any atom is 0.257 e. The Balaban J connectivity index is 2.26. The minimum Gasteiger partial charge on any atom is -0.484 e. The highest BCUT2D eigenvalue weighted by Crippen LogP contribution is 2.12. The molecule has 0 saturated carbocycles. The molecule has 1 aromatic carbocycles. The van der Waals surface area contributed by atoms with Crippen LogP contribution >= 0.6 is 0 Å². The van der Waals surface area contributed by atoms with Crippen LogP contribution in [0.4, 0.5) is 5.69 Å². The number of anilines is 1. The van der Waals surface area contributed by atoms with Gasteiger partial charge in [0.25, 0.3) is 5.91 Å². The molecule has 21 heavy (non-hydrogen) atoms. The van der Waals surface area contributed by atoms with Gasteiger partial charge >= 0.3 is 0 Å². The van der Waals surface area contributed by atoms with E-state index in [-0.39, 0.29) is 12.5 Å². The van der Waals surface area contributed by atoms with E-state index in [1.807, 2.05) is 0 Å². The van der Waals surface area contributed by atoms with E-state index in [1.54, 1.807) is 24.3 Å². The Hall–Kier alpha value is -1.75. The molecule has 0 unspecified atom stereocenters. The molecule has 0 aliphatic heterocycles. The van der Waals surface area contributed by atoms with Crippen LogP contribution in [0, 0.1) is 0 Å². The fourth-order valence-corrected chi connectivity index (χ4v) is 2.20. The fraction of sp³-hybridized carbons (Fsp3) is 0.562. The minimum absolute atomic E-state index is 0.0211. The summed E-state index contributed by atoms with van der Waals surface area (Å²) in [4.78, 5) is 14.1. The van der Waals surface area contributed by atoms with Crippen LogP contribution in [0.2, 0.25) is 0 Å². The Morgan fingerprint density at radius 3 is 2.29 bits per heavy atom. The Kier molecular flexibility index (Phi) is 7.02. The van der Waals surface area contributed by atoms with Crippen molar-refractivity contribution in [1.29, 1.82) is 0 Å². The molecule has 1 aromatic rings. The number of amides is 1. The van der Waals surface area contributed by atoms with Gasteiger partial charge in [0.05, 0.1) is 0 Å². The summed E-state index contributed by atoms with van der Waals surface area (Å²) in [5.74, 6) is 0.532. The van der Waals surface area contributed by atoms with Gasteiger partial charge in [0.15, 0.2) is 6.61 Å². The second kappa shape index (κ2) is 8.52. The highest BCUT2D eigenvalue weighted by molar-refractivity contribution is 5.77. The standard InChI is InChI=1S/C16H27N3O2/c1-12(2)19(13(3)4)10-9-18-16(20)11-21-15-7-5-14(17)6-8-15/h5-8,12-13H,9-11,17H2,1-4H3,(H,18,20). The van der Waals surface area contributed by atoms with Gasteiger partial charge in [-0.25, -0.2) is 0 Å². The normalized spacial score (nSPS) is 11.2. The van der Waals surface area contributed by atoms with Gasteiger partial charge in [-0.2, -0.15) is 0 Å². The van der Waals surface area contributed by atoms with E-state index in [0.717, 1.165) is 6.54 Å². The third-order valence-corrected chi connectivity index (χ3v) is 3.27. The Labute approximate surface area is 127 Å². The van der Waals surface area contributed by atoms with Crippen molar-refractivity contribution in [2.45, 2.75) is 39.8 Å². The van der Waals surface area contributed by atoms with Gasteiger partial charge in [0, 0.05) is 30.9 Å². The maximum absolute atomic E-state index is 11.7. The first kappa shape index (κ1) is 17.3. The first-order chi connectivity index (χ1) is 9.90. The smallest absolute Gasteiger partial charge is 0.257 e. The van der Waals surface area contributed by atoms with Crippen LogP contribution in [-0.4, -0.2) is 42.6 Å². The first-order valence-corrected chi connectivity index (χ1v) is 7.41. The molecule has 5 nitrogen and oxygen atoms in total. The zero-order chi connectivity index (χ0) is 15.8. The van der Waals surface area contributed by atoms with E-state index in [0.29, 0.717) is 30.1 Å². The third-order valence-electron chi connectivity index (χ3n) is 3.27. The number of nitrogens with one attached hydrogen (secondary N) is 1. The number of benzene rings is 1. The van der Waals surface area contributed by atoms with E-state index in [2.05, 4.69) is 37.9 Å². The monoisotopic (exact) mass is 293 g/mol. The van der Waals surface area contributed by atoms with Crippen LogP contribution in [0.15, 0.2) is 24.3 Å². The van der Waals surface area contributed by atoms with Crippen molar-refractivity contribution in [3.05, 3.63) is 24.3 Å². The van der Waals surface area contributed by atoms with Gasteiger partial charge in [-0.05, 0) is 52.0 Å². The average Bonchev–Trinajstić information content (AvgIpc) is 2.42. The van der Waals surface area contributed by atoms with E-state index >= 15 is 0 Å². The molecule has 0 saturated heterocycles. The highest BCUT2D eigenvalue weighted by atomic mass is 16.5. The van der Waals surface area contributed by atoms with Gasteiger partial charge in [-0.15, -0.1) is 0 Å². The zero-order valence-electron chi connectivity index (χ0n) is 13.4. The molecule has 5 heteroatoms. The first-order valence-electron chi connectivity index (χ1n) is 7.41. The lowest BCUT2D eigenvalue weighted by atomic mass is 10.2. The number of ether oxygens (including phenoxy) is 1. The van der Waals surface area contributed by atoms with Crippen LogP contribution in [0.5, 0.6) is 5.75 Å². The molecule has 0 radical (unpaired) electrons. The highest BCUT2D eigenvalue weighted by Gasteiger charge is 2.13. The van der Waals surface area contributed by atoms with Crippen molar-refractivity contribution in [2.24, 2.45) is 0 Å². The summed E-state index contributed by atoms with van der Waals surface area (Å²) >= 11 is 0. The number of nitrogen functional groups attached to an aromatic ring is 1. The quantitative estimate of drug-likeness (QED) is 0.718. The zero-order valence-corrected chi connectivity index (χ0v) is 13.4.